The number of hydrogen-bond acceptors (Lipinski definition) is 3. The molecule has 0 unspecified atom stereocenters. The monoisotopic (exact) mass is 305 g/mol. The number of benzene rings is 1. The van der Waals surface area contributed by atoms with Gasteiger partial charge in [0.05, 0.1) is 10.7 Å². The molecular formula is C16H17ClFN3. The number of nitrogens with one attached hydrogen (secondary N) is 1. The highest BCUT2D eigenvalue weighted by Gasteiger charge is 2.21. The first-order valence-corrected chi connectivity index (χ1v) is 7.48. The molecule has 3 nitrogen and oxygen atoms in total. The number of para-hydroxylation sites is 1. The highest BCUT2D eigenvalue weighted by molar-refractivity contribution is 6.33. The van der Waals surface area contributed by atoms with Crippen LogP contribution in [0.25, 0.3) is 0 Å². The molecule has 0 atom stereocenters. The van der Waals surface area contributed by atoms with Crippen LogP contribution in [0.4, 0.5) is 15.9 Å². The summed E-state index contributed by atoms with van der Waals surface area (Å²) in [7, 11) is 0. The van der Waals surface area contributed by atoms with Gasteiger partial charge in [-0.1, -0.05) is 23.7 Å². The van der Waals surface area contributed by atoms with Crippen LogP contribution >= 0.6 is 11.6 Å². The molecule has 5 heteroatoms. The zero-order valence-electron chi connectivity index (χ0n) is 11.6. The number of hydrogen-bond donors (Lipinski definition) is 1. The van der Waals surface area contributed by atoms with Crippen molar-refractivity contribution in [3.05, 3.63) is 53.4 Å². The second-order valence-corrected chi connectivity index (χ2v) is 5.60. The first-order chi connectivity index (χ1) is 10.2. The van der Waals surface area contributed by atoms with Gasteiger partial charge in [0.15, 0.2) is 0 Å². The van der Waals surface area contributed by atoms with Crippen LogP contribution in [0.1, 0.15) is 12.8 Å². The van der Waals surface area contributed by atoms with E-state index in [1.807, 2.05) is 18.2 Å². The molecule has 2 aromatic rings. The van der Waals surface area contributed by atoms with Gasteiger partial charge in [0.25, 0.3) is 0 Å². The van der Waals surface area contributed by atoms with E-state index >= 15 is 0 Å². The number of halogens is 2. The second-order valence-electron chi connectivity index (χ2n) is 5.19. The van der Waals surface area contributed by atoms with E-state index in [0.717, 1.165) is 31.7 Å². The number of anilines is 2. The molecule has 0 bridgehead atoms. The van der Waals surface area contributed by atoms with Crippen LogP contribution in [-0.2, 0) is 0 Å². The molecule has 2 heterocycles. The summed E-state index contributed by atoms with van der Waals surface area (Å²) in [5.74, 6) is 0.703. The van der Waals surface area contributed by atoms with Gasteiger partial charge in [-0.15, -0.1) is 0 Å². The Balaban J connectivity index is 1.62. The molecule has 1 aliphatic rings. The molecule has 0 amide bonds. The summed E-state index contributed by atoms with van der Waals surface area (Å²) in [5.41, 5.74) is 0.412. The van der Waals surface area contributed by atoms with Crippen LogP contribution < -0.4 is 10.2 Å². The number of nitrogens with zero attached hydrogens (tertiary/aromatic N) is 2. The lowest BCUT2D eigenvalue weighted by Crippen LogP contribution is -2.39. The van der Waals surface area contributed by atoms with E-state index in [1.165, 1.54) is 6.07 Å². The van der Waals surface area contributed by atoms with Crippen LogP contribution in [0, 0.1) is 5.82 Å². The van der Waals surface area contributed by atoms with Crippen molar-refractivity contribution in [2.24, 2.45) is 0 Å². The fourth-order valence-electron chi connectivity index (χ4n) is 2.63. The fourth-order valence-corrected chi connectivity index (χ4v) is 2.85. The summed E-state index contributed by atoms with van der Waals surface area (Å²) in [6.07, 6.45) is 3.67. The summed E-state index contributed by atoms with van der Waals surface area (Å²) in [6.45, 7) is 1.81. The van der Waals surface area contributed by atoms with Crippen molar-refractivity contribution in [2.45, 2.75) is 18.9 Å². The molecule has 1 aromatic carbocycles. The highest BCUT2D eigenvalue weighted by atomic mass is 35.5. The quantitative estimate of drug-likeness (QED) is 0.930. The number of pyridine rings is 1. The van der Waals surface area contributed by atoms with Crippen LogP contribution in [0.15, 0.2) is 42.6 Å². The van der Waals surface area contributed by atoms with Gasteiger partial charge in [0.2, 0.25) is 0 Å². The Kier molecular flexibility index (Phi) is 4.25. The van der Waals surface area contributed by atoms with Gasteiger partial charge in [-0.2, -0.15) is 0 Å². The lowest BCUT2D eigenvalue weighted by molar-refractivity contribution is 0.519. The van der Waals surface area contributed by atoms with Crippen molar-refractivity contribution in [3.63, 3.8) is 0 Å². The summed E-state index contributed by atoms with van der Waals surface area (Å²) < 4.78 is 13.8. The maximum atomic E-state index is 13.8. The molecule has 1 N–H and O–H groups in total. The molecule has 110 valence electrons. The number of rotatable bonds is 3. The molecule has 1 saturated heterocycles. The average Bonchev–Trinajstić information content (AvgIpc) is 2.53. The third-order valence-electron chi connectivity index (χ3n) is 3.78. The Hall–Kier alpha value is -1.81. The third-order valence-corrected chi connectivity index (χ3v) is 4.09. The molecule has 0 radical (unpaired) electrons. The summed E-state index contributed by atoms with van der Waals surface area (Å²) in [5, 5.41) is 3.67. The molecule has 0 aliphatic carbocycles. The van der Waals surface area contributed by atoms with Crippen molar-refractivity contribution in [1.82, 2.24) is 4.98 Å². The Bertz CT molecular complexity index is 577. The Morgan fingerprint density at radius 1 is 1.14 bits per heavy atom. The van der Waals surface area contributed by atoms with Gasteiger partial charge in [0, 0.05) is 25.3 Å². The predicted molar refractivity (Wildman–Crippen MR) is 84.5 cm³/mol. The van der Waals surface area contributed by atoms with E-state index in [9.17, 15) is 4.39 Å². The van der Waals surface area contributed by atoms with Crippen molar-refractivity contribution in [1.29, 1.82) is 0 Å². The van der Waals surface area contributed by atoms with E-state index in [1.54, 1.807) is 18.3 Å². The van der Waals surface area contributed by atoms with E-state index in [-0.39, 0.29) is 11.9 Å². The van der Waals surface area contributed by atoms with E-state index in [2.05, 4.69) is 15.2 Å². The molecule has 0 spiro atoms. The minimum atomic E-state index is -0.297. The number of aromatic nitrogens is 1. The molecule has 1 aliphatic heterocycles. The topological polar surface area (TPSA) is 28.2 Å². The molecule has 1 aromatic heterocycles. The molecule has 0 saturated carbocycles. The Labute approximate surface area is 128 Å². The van der Waals surface area contributed by atoms with Gasteiger partial charge in [-0.25, -0.2) is 9.37 Å². The van der Waals surface area contributed by atoms with Crippen molar-refractivity contribution in [2.75, 3.05) is 23.3 Å². The zero-order valence-corrected chi connectivity index (χ0v) is 12.4. The lowest BCUT2D eigenvalue weighted by Gasteiger charge is -2.33. The van der Waals surface area contributed by atoms with Crippen LogP contribution in [-0.4, -0.2) is 24.1 Å². The minimum Gasteiger partial charge on any atom is -0.379 e. The smallest absolute Gasteiger partial charge is 0.147 e. The summed E-state index contributed by atoms with van der Waals surface area (Å²) in [6, 6.07) is 10.9. The van der Waals surface area contributed by atoms with E-state index in [0.29, 0.717) is 10.7 Å². The van der Waals surface area contributed by atoms with Crippen molar-refractivity contribution in [3.8, 4) is 0 Å². The lowest BCUT2D eigenvalue weighted by atomic mass is 10.0. The van der Waals surface area contributed by atoms with Gasteiger partial charge < -0.3 is 10.2 Å². The van der Waals surface area contributed by atoms with Gasteiger partial charge in [-0.05, 0) is 37.1 Å². The molecular weight excluding hydrogens is 289 g/mol. The maximum Gasteiger partial charge on any atom is 0.147 e. The largest absolute Gasteiger partial charge is 0.379 e. The number of piperidine rings is 1. The molecule has 3 rings (SSSR count). The van der Waals surface area contributed by atoms with Gasteiger partial charge >= 0.3 is 0 Å². The van der Waals surface area contributed by atoms with Crippen molar-refractivity contribution < 1.29 is 4.39 Å². The highest BCUT2D eigenvalue weighted by Crippen LogP contribution is 2.27. The van der Waals surface area contributed by atoms with E-state index in [4.69, 9.17) is 11.6 Å². The first kappa shape index (κ1) is 14.1. The molecule has 1 fully saturated rings. The SMILES string of the molecule is Fc1cccc(Cl)c1NC1CCN(c2ccccn2)CC1. The fraction of sp³-hybridized carbons (Fsp3) is 0.312. The third kappa shape index (κ3) is 3.27. The zero-order chi connectivity index (χ0) is 14.7. The second kappa shape index (κ2) is 6.31. The minimum absolute atomic E-state index is 0.236. The van der Waals surface area contributed by atoms with Crippen LogP contribution in [0.2, 0.25) is 5.02 Å². The standard InChI is InChI=1S/C16H17ClFN3/c17-13-4-3-5-14(18)16(13)20-12-7-10-21(11-8-12)15-6-1-2-9-19-15/h1-6,9,12,20H,7-8,10-11H2. The Morgan fingerprint density at radius 2 is 1.95 bits per heavy atom. The van der Waals surface area contributed by atoms with Crippen LogP contribution in [0.5, 0.6) is 0 Å². The van der Waals surface area contributed by atoms with Crippen molar-refractivity contribution >= 4 is 23.1 Å². The van der Waals surface area contributed by atoms with Gasteiger partial charge in [-0.3, -0.25) is 0 Å². The summed E-state index contributed by atoms with van der Waals surface area (Å²) >= 11 is 6.05. The first-order valence-electron chi connectivity index (χ1n) is 7.10. The normalized spacial score (nSPS) is 16.0. The summed E-state index contributed by atoms with van der Waals surface area (Å²) in [4.78, 5) is 6.62. The average molecular weight is 306 g/mol. The maximum absolute atomic E-state index is 13.8. The van der Waals surface area contributed by atoms with E-state index < -0.39 is 0 Å². The predicted octanol–water partition coefficient (Wildman–Crippen LogP) is 3.96. The molecule has 21 heavy (non-hydrogen) atoms. The Morgan fingerprint density at radius 3 is 2.62 bits per heavy atom. The van der Waals surface area contributed by atoms with Crippen LogP contribution in [0.3, 0.4) is 0 Å². The van der Waals surface area contributed by atoms with Gasteiger partial charge in [0.1, 0.15) is 11.6 Å².